The summed E-state index contributed by atoms with van der Waals surface area (Å²) in [5.41, 5.74) is 1.82. The fourth-order valence-corrected chi connectivity index (χ4v) is 4.07. The Morgan fingerprint density at radius 3 is 2.50 bits per heavy atom. The molecule has 4 rings (SSSR count). The highest BCUT2D eigenvalue weighted by atomic mass is 16.5. The van der Waals surface area contributed by atoms with E-state index in [1.54, 1.807) is 0 Å². The molecule has 28 heavy (non-hydrogen) atoms. The van der Waals surface area contributed by atoms with Gasteiger partial charge in [-0.1, -0.05) is 0 Å². The lowest BCUT2D eigenvalue weighted by atomic mass is 9.99. The van der Waals surface area contributed by atoms with Crippen LogP contribution in [-0.2, 0) is 4.74 Å². The molecule has 0 unspecified atom stereocenters. The van der Waals surface area contributed by atoms with Crippen LogP contribution in [0, 0.1) is 0 Å². The van der Waals surface area contributed by atoms with Crippen LogP contribution >= 0.6 is 0 Å². The predicted molar refractivity (Wildman–Crippen MR) is 110 cm³/mol. The molecular weight excluding hydrogens is 354 g/mol. The maximum absolute atomic E-state index is 12.7. The van der Waals surface area contributed by atoms with E-state index >= 15 is 0 Å². The predicted octanol–water partition coefficient (Wildman–Crippen LogP) is 3.28. The molecule has 0 saturated carbocycles. The standard InChI is InChI=1S/C22H31N3O3/c1-22(2,3)25-8-6-17(7-9-25)28-18-4-5-19-16(14-18)15-20(23-19)21(26)24-10-12-27-13-11-24/h4-5,14-15,17,23H,6-13H2,1-3H3. The highest BCUT2D eigenvalue weighted by molar-refractivity contribution is 5.98. The number of carbonyl (C=O) groups excluding carboxylic acids is 1. The molecule has 2 aromatic rings. The largest absolute Gasteiger partial charge is 0.490 e. The molecule has 2 aliphatic heterocycles. The second-order valence-corrected chi connectivity index (χ2v) is 8.81. The summed E-state index contributed by atoms with van der Waals surface area (Å²) in [6.07, 6.45) is 2.34. The van der Waals surface area contributed by atoms with Gasteiger partial charge in [0.05, 0.1) is 13.2 Å². The highest BCUT2D eigenvalue weighted by Gasteiger charge is 2.28. The monoisotopic (exact) mass is 385 g/mol. The fourth-order valence-electron chi connectivity index (χ4n) is 4.07. The van der Waals surface area contributed by atoms with Crippen LogP contribution in [0.25, 0.3) is 10.9 Å². The van der Waals surface area contributed by atoms with Gasteiger partial charge in [-0.2, -0.15) is 0 Å². The third-order valence-electron chi connectivity index (χ3n) is 5.81. The number of hydrogen-bond acceptors (Lipinski definition) is 4. The van der Waals surface area contributed by atoms with Crippen molar-refractivity contribution in [3.05, 3.63) is 30.0 Å². The van der Waals surface area contributed by atoms with Gasteiger partial charge in [-0.05, 0) is 57.9 Å². The summed E-state index contributed by atoms with van der Waals surface area (Å²) < 4.78 is 11.6. The molecule has 1 N–H and O–H groups in total. The molecule has 1 aromatic heterocycles. The lowest BCUT2D eigenvalue weighted by Crippen LogP contribution is -2.48. The van der Waals surface area contributed by atoms with Gasteiger partial charge in [-0.3, -0.25) is 9.69 Å². The summed E-state index contributed by atoms with van der Waals surface area (Å²) in [4.78, 5) is 20.3. The summed E-state index contributed by atoms with van der Waals surface area (Å²) >= 11 is 0. The number of ether oxygens (including phenoxy) is 2. The van der Waals surface area contributed by atoms with E-state index in [1.807, 2.05) is 29.2 Å². The summed E-state index contributed by atoms with van der Waals surface area (Å²) in [5, 5.41) is 1.02. The summed E-state index contributed by atoms with van der Waals surface area (Å²) in [5.74, 6) is 0.919. The van der Waals surface area contributed by atoms with E-state index in [-0.39, 0.29) is 17.6 Å². The molecule has 0 bridgehead atoms. The van der Waals surface area contributed by atoms with Crippen LogP contribution in [0.5, 0.6) is 5.75 Å². The van der Waals surface area contributed by atoms with E-state index < -0.39 is 0 Å². The van der Waals surface area contributed by atoms with Gasteiger partial charge in [0.1, 0.15) is 17.5 Å². The molecule has 6 heteroatoms. The Morgan fingerprint density at radius 1 is 1.11 bits per heavy atom. The number of rotatable bonds is 3. The van der Waals surface area contributed by atoms with Crippen molar-refractivity contribution < 1.29 is 14.3 Å². The first-order valence-corrected chi connectivity index (χ1v) is 10.3. The number of hydrogen-bond donors (Lipinski definition) is 1. The maximum atomic E-state index is 12.7. The van der Waals surface area contributed by atoms with Gasteiger partial charge in [0.25, 0.3) is 5.91 Å². The summed E-state index contributed by atoms with van der Waals surface area (Å²) in [6, 6.07) is 7.98. The highest BCUT2D eigenvalue weighted by Crippen LogP contribution is 2.27. The first-order valence-electron chi connectivity index (χ1n) is 10.3. The quantitative estimate of drug-likeness (QED) is 0.881. The van der Waals surface area contributed by atoms with E-state index in [2.05, 4.69) is 30.7 Å². The van der Waals surface area contributed by atoms with Crippen LogP contribution in [0.1, 0.15) is 44.1 Å². The number of amides is 1. The Balaban J connectivity index is 1.41. The minimum atomic E-state index is 0.0384. The number of benzene rings is 1. The zero-order valence-electron chi connectivity index (χ0n) is 17.2. The molecular formula is C22H31N3O3. The number of morpholine rings is 1. The van der Waals surface area contributed by atoms with Gasteiger partial charge in [-0.25, -0.2) is 0 Å². The number of aromatic nitrogens is 1. The molecule has 0 aliphatic carbocycles. The van der Waals surface area contributed by atoms with Crippen LogP contribution in [0.4, 0.5) is 0 Å². The molecule has 152 valence electrons. The van der Waals surface area contributed by atoms with Gasteiger partial charge >= 0.3 is 0 Å². The van der Waals surface area contributed by atoms with E-state index in [0.29, 0.717) is 32.0 Å². The first-order chi connectivity index (χ1) is 13.4. The van der Waals surface area contributed by atoms with E-state index in [0.717, 1.165) is 42.6 Å². The Labute approximate surface area is 166 Å². The molecule has 6 nitrogen and oxygen atoms in total. The van der Waals surface area contributed by atoms with E-state index in [1.165, 1.54) is 0 Å². The average molecular weight is 386 g/mol. The molecule has 0 atom stereocenters. The molecule has 1 aromatic carbocycles. The topological polar surface area (TPSA) is 57.8 Å². The molecule has 2 saturated heterocycles. The molecule has 0 spiro atoms. The zero-order valence-corrected chi connectivity index (χ0v) is 17.2. The van der Waals surface area contributed by atoms with Crippen molar-refractivity contribution in [1.29, 1.82) is 0 Å². The second-order valence-electron chi connectivity index (χ2n) is 8.81. The number of fused-ring (bicyclic) bond motifs is 1. The molecule has 2 aliphatic rings. The van der Waals surface area contributed by atoms with E-state index in [9.17, 15) is 4.79 Å². The van der Waals surface area contributed by atoms with Crippen LogP contribution in [0.3, 0.4) is 0 Å². The smallest absolute Gasteiger partial charge is 0.270 e. The Bertz CT molecular complexity index is 825. The Hall–Kier alpha value is -2.05. The minimum Gasteiger partial charge on any atom is -0.490 e. The Kier molecular flexibility index (Phi) is 5.34. The van der Waals surface area contributed by atoms with Crippen molar-refractivity contribution in [2.45, 2.75) is 45.3 Å². The molecule has 2 fully saturated rings. The number of H-pyrrole nitrogens is 1. The number of nitrogens with zero attached hydrogens (tertiary/aromatic N) is 2. The van der Waals surface area contributed by atoms with Crippen LogP contribution in [0.15, 0.2) is 24.3 Å². The third kappa shape index (κ3) is 4.18. The number of nitrogens with one attached hydrogen (secondary N) is 1. The van der Waals surface area contributed by atoms with Gasteiger partial charge < -0.3 is 19.4 Å². The number of carbonyl (C=O) groups is 1. The molecule has 3 heterocycles. The fraction of sp³-hybridized carbons (Fsp3) is 0.591. The molecule has 1 amide bonds. The normalized spacial score (nSPS) is 19.9. The summed E-state index contributed by atoms with van der Waals surface area (Å²) in [6.45, 7) is 11.5. The lowest BCUT2D eigenvalue weighted by Gasteiger charge is -2.40. The van der Waals surface area contributed by atoms with Gasteiger partial charge in [0.2, 0.25) is 0 Å². The molecule has 0 radical (unpaired) electrons. The minimum absolute atomic E-state index is 0.0384. The number of likely N-dealkylation sites (tertiary alicyclic amines) is 1. The van der Waals surface area contributed by atoms with Crippen molar-refractivity contribution in [2.75, 3.05) is 39.4 Å². The van der Waals surface area contributed by atoms with Gasteiger partial charge in [0.15, 0.2) is 0 Å². The van der Waals surface area contributed by atoms with Crippen LogP contribution in [0.2, 0.25) is 0 Å². The van der Waals surface area contributed by atoms with E-state index in [4.69, 9.17) is 9.47 Å². The summed E-state index contributed by atoms with van der Waals surface area (Å²) in [7, 11) is 0. The maximum Gasteiger partial charge on any atom is 0.270 e. The lowest BCUT2D eigenvalue weighted by molar-refractivity contribution is 0.0299. The zero-order chi connectivity index (χ0) is 19.7. The van der Waals surface area contributed by atoms with Gasteiger partial charge in [-0.15, -0.1) is 0 Å². The van der Waals surface area contributed by atoms with Crippen molar-refractivity contribution in [3.8, 4) is 5.75 Å². The van der Waals surface area contributed by atoms with Crippen molar-refractivity contribution >= 4 is 16.8 Å². The van der Waals surface area contributed by atoms with Crippen LogP contribution in [-0.4, -0.2) is 71.7 Å². The van der Waals surface area contributed by atoms with Crippen molar-refractivity contribution in [3.63, 3.8) is 0 Å². The average Bonchev–Trinajstić information content (AvgIpc) is 3.11. The van der Waals surface area contributed by atoms with Crippen molar-refractivity contribution in [1.82, 2.24) is 14.8 Å². The first kappa shape index (κ1) is 19.3. The SMILES string of the molecule is CC(C)(C)N1CCC(Oc2ccc3[nH]c(C(=O)N4CCOCC4)cc3c2)CC1. The third-order valence-corrected chi connectivity index (χ3v) is 5.81. The number of piperidine rings is 1. The second kappa shape index (κ2) is 7.76. The van der Waals surface area contributed by atoms with Gasteiger partial charge in [0, 0.05) is 42.6 Å². The number of aromatic amines is 1. The van der Waals surface area contributed by atoms with Crippen LogP contribution < -0.4 is 4.74 Å². The Morgan fingerprint density at radius 2 is 1.82 bits per heavy atom. The van der Waals surface area contributed by atoms with Crippen molar-refractivity contribution in [2.24, 2.45) is 0 Å².